The van der Waals surface area contributed by atoms with Gasteiger partial charge in [-0.05, 0) is 12.1 Å². The molecule has 3 aromatic rings. The minimum atomic E-state index is 0.779. The highest BCUT2D eigenvalue weighted by Crippen LogP contribution is 2.24. The Kier molecular flexibility index (Phi) is 3.38. The molecule has 0 radical (unpaired) electrons. The first-order valence-corrected chi connectivity index (χ1v) is 6.73. The van der Waals surface area contributed by atoms with E-state index >= 15 is 0 Å². The fraction of sp³-hybridized carbons (Fsp3) is 0. The van der Waals surface area contributed by atoms with Gasteiger partial charge in [0.25, 0.3) is 0 Å². The predicted molar refractivity (Wildman–Crippen MR) is 79.6 cm³/mol. The molecule has 94 valence electrons. The van der Waals surface area contributed by atoms with Gasteiger partial charge in [0.15, 0.2) is 0 Å². The first-order chi connectivity index (χ1) is 9.42. The minimum Gasteiger partial charge on any atom is -0.360 e. The number of aromatic nitrogens is 2. The van der Waals surface area contributed by atoms with Crippen LogP contribution < -0.4 is 5.43 Å². The van der Waals surface area contributed by atoms with Crippen molar-refractivity contribution in [1.29, 1.82) is 0 Å². The van der Waals surface area contributed by atoms with Gasteiger partial charge in [0.1, 0.15) is 0 Å². The van der Waals surface area contributed by atoms with E-state index in [2.05, 4.69) is 20.5 Å². The van der Waals surface area contributed by atoms with Gasteiger partial charge in [-0.3, -0.25) is 5.43 Å². The molecule has 0 bridgehead atoms. The summed E-state index contributed by atoms with van der Waals surface area (Å²) in [6, 6.07) is 14.0. The van der Waals surface area contributed by atoms with E-state index in [0.717, 1.165) is 22.1 Å². The van der Waals surface area contributed by atoms with E-state index in [1.54, 1.807) is 6.21 Å². The fourth-order valence-electron chi connectivity index (χ4n) is 1.65. The van der Waals surface area contributed by atoms with E-state index in [-0.39, 0.29) is 0 Å². The molecule has 0 aliphatic rings. The van der Waals surface area contributed by atoms with Crippen LogP contribution in [-0.4, -0.2) is 16.2 Å². The minimum absolute atomic E-state index is 0.779. The van der Waals surface area contributed by atoms with E-state index < -0.39 is 0 Å². The van der Waals surface area contributed by atoms with Gasteiger partial charge < -0.3 is 4.98 Å². The van der Waals surface area contributed by atoms with Crippen molar-refractivity contribution in [3.63, 3.8) is 0 Å². The Morgan fingerprint density at radius 2 is 2.05 bits per heavy atom. The number of nitrogens with one attached hydrogen (secondary N) is 2. The highest BCUT2D eigenvalue weighted by molar-refractivity contribution is 7.14. The Morgan fingerprint density at radius 3 is 2.84 bits per heavy atom. The third-order valence-corrected chi connectivity index (χ3v) is 3.31. The van der Waals surface area contributed by atoms with Crippen molar-refractivity contribution in [3.05, 3.63) is 59.7 Å². The largest absolute Gasteiger partial charge is 0.360 e. The van der Waals surface area contributed by atoms with Gasteiger partial charge in [-0.15, -0.1) is 11.3 Å². The molecule has 0 fully saturated rings. The van der Waals surface area contributed by atoms with Crippen molar-refractivity contribution in [2.24, 2.45) is 5.10 Å². The number of nitrogens with zero attached hydrogens (tertiary/aromatic N) is 2. The molecule has 5 heteroatoms. The summed E-state index contributed by atoms with van der Waals surface area (Å²) in [5, 5.41) is 6.93. The highest BCUT2D eigenvalue weighted by Gasteiger charge is 2.02. The van der Waals surface area contributed by atoms with Crippen molar-refractivity contribution < 1.29 is 0 Å². The van der Waals surface area contributed by atoms with Crippen LogP contribution in [0.15, 0.2) is 59.1 Å². The van der Waals surface area contributed by atoms with E-state index in [9.17, 15) is 0 Å². The SMILES string of the molecule is C(=N\Nc1nc(-c2ccccc2)cs1)/c1ccc[nH]1. The Bertz CT molecular complexity index is 656. The Morgan fingerprint density at radius 1 is 1.16 bits per heavy atom. The molecular formula is C14H12N4S. The standard InChI is InChI=1S/C14H12N4S/c1-2-5-11(6-3-1)13-10-19-14(17-13)18-16-9-12-7-4-8-15-12/h1-10,15H,(H,17,18)/b16-9+. The lowest BCUT2D eigenvalue weighted by molar-refractivity contribution is 1.28. The van der Waals surface area contributed by atoms with Gasteiger partial charge >= 0.3 is 0 Å². The summed E-state index contributed by atoms with van der Waals surface area (Å²) >= 11 is 1.54. The van der Waals surface area contributed by atoms with Crippen LogP contribution in [0.5, 0.6) is 0 Å². The van der Waals surface area contributed by atoms with Crippen LogP contribution in [-0.2, 0) is 0 Å². The molecule has 4 nitrogen and oxygen atoms in total. The van der Waals surface area contributed by atoms with Crippen LogP contribution in [0.1, 0.15) is 5.69 Å². The van der Waals surface area contributed by atoms with Crippen LogP contribution in [0.2, 0.25) is 0 Å². The number of aromatic amines is 1. The lowest BCUT2D eigenvalue weighted by Crippen LogP contribution is -1.90. The Labute approximate surface area is 114 Å². The number of hydrogen-bond donors (Lipinski definition) is 2. The Balaban J connectivity index is 1.69. The van der Waals surface area contributed by atoms with E-state index in [4.69, 9.17) is 0 Å². The van der Waals surface area contributed by atoms with Gasteiger partial charge in [0.05, 0.1) is 17.6 Å². The molecule has 2 heterocycles. The lowest BCUT2D eigenvalue weighted by atomic mass is 10.2. The molecule has 0 saturated heterocycles. The summed E-state index contributed by atoms with van der Waals surface area (Å²) < 4.78 is 0. The molecule has 1 aromatic carbocycles. The highest BCUT2D eigenvalue weighted by atomic mass is 32.1. The fourth-order valence-corrected chi connectivity index (χ4v) is 2.32. The van der Waals surface area contributed by atoms with Gasteiger partial charge in [-0.2, -0.15) is 5.10 Å². The quantitative estimate of drug-likeness (QED) is 0.561. The van der Waals surface area contributed by atoms with Gasteiger partial charge in [-0.25, -0.2) is 4.98 Å². The van der Waals surface area contributed by atoms with Crippen LogP contribution in [0.4, 0.5) is 5.13 Å². The van der Waals surface area contributed by atoms with Crippen molar-refractivity contribution in [3.8, 4) is 11.3 Å². The van der Waals surface area contributed by atoms with E-state index in [1.165, 1.54) is 11.3 Å². The Hall–Kier alpha value is -2.40. The maximum Gasteiger partial charge on any atom is 0.203 e. The zero-order valence-electron chi connectivity index (χ0n) is 10.1. The number of rotatable bonds is 4. The molecule has 0 spiro atoms. The first kappa shape index (κ1) is 11.7. The summed E-state index contributed by atoms with van der Waals surface area (Å²) in [7, 11) is 0. The molecule has 0 aliphatic heterocycles. The molecule has 0 saturated carbocycles. The molecule has 0 atom stereocenters. The van der Waals surface area contributed by atoms with Crippen molar-refractivity contribution >= 4 is 22.7 Å². The normalized spacial score (nSPS) is 10.9. The van der Waals surface area contributed by atoms with Crippen LogP contribution >= 0.6 is 11.3 Å². The zero-order valence-corrected chi connectivity index (χ0v) is 10.9. The number of anilines is 1. The monoisotopic (exact) mass is 268 g/mol. The summed E-state index contributed by atoms with van der Waals surface area (Å²) in [6.07, 6.45) is 3.59. The number of hydrogen-bond acceptors (Lipinski definition) is 4. The molecule has 19 heavy (non-hydrogen) atoms. The van der Waals surface area contributed by atoms with Crippen molar-refractivity contribution in [1.82, 2.24) is 9.97 Å². The van der Waals surface area contributed by atoms with Gasteiger partial charge in [0.2, 0.25) is 5.13 Å². The number of hydrazone groups is 1. The van der Waals surface area contributed by atoms with E-state index in [0.29, 0.717) is 0 Å². The third kappa shape index (κ3) is 2.89. The summed E-state index contributed by atoms with van der Waals surface area (Å²) in [6.45, 7) is 0. The second-order valence-electron chi connectivity index (χ2n) is 3.90. The summed E-state index contributed by atoms with van der Waals surface area (Å²) in [5.41, 5.74) is 5.95. The van der Waals surface area contributed by atoms with Crippen molar-refractivity contribution in [2.75, 3.05) is 5.43 Å². The second kappa shape index (κ2) is 5.49. The van der Waals surface area contributed by atoms with Crippen LogP contribution in [0, 0.1) is 0 Å². The zero-order chi connectivity index (χ0) is 12.9. The molecule has 2 N–H and O–H groups in total. The summed E-state index contributed by atoms with van der Waals surface area (Å²) in [5.74, 6) is 0. The molecule has 0 amide bonds. The maximum absolute atomic E-state index is 4.48. The predicted octanol–water partition coefficient (Wildman–Crippen LogP) is 3.58. The van der Waals surface area contributed by atoms with E-state index in [1.807, 2.05) is 54.0 Å². The smallest absolute Gasteiger partial charge is 0.203 e. The van der Waals surface area contributed by atoms with Crippen molar-refractivity contribution in [2.45, 2.75) is 0 Å². The average molecular weight is 268 g/mol. The number of H-pyrrole nitrogens is 1. The molecule has 0 unspecified atom stereocenters. The topological polar surface area (TPSA) is 53.1 Å². The molecule has 2 aromatic heterocycles. The van der Waals surface area contributed by atoms with Gasteiger partial charge in [-0.1, -0.05) is 30.3 Å². The molecule has 0 aliphatic carbocycles. The number of thiazole rings is 1. The lowest BCUT2D eigenvalue weighted by Gasteiger charge is -1.94. The third-order valence-electron chi connectivity index (χ3n) is 2.56. The number of benzene rings is 1. The van der Waals surface area contributed by atoms with Crippen LogP contribution in [0.25, 0.3) is 11.3 Å². The second-order valence-corrected chi connectivity index (χ2v) is 4.76. The first-order valence-electron chi connectivity index (χ1n) is 5.85. The molecule has 3 rings (SSSR count). The van der Waals surface area contributed by atoms with Crippen LogP contribution in [0.3, 0.4) is 0 Å². The molecular weight excluding hydrogens is 256 g/mol. The van der Waals surface area contributed by atoms with Gasteiger partial charge in [0, 0.05) is 17.1 Å². The maximum atomic E-state index is 4.48. The summed E-state index contributed by atoms with van der Waals surface area (Å²) in [4.78, 5) is 7.53. The average Bonchev–Trinajstić information content (AvgIpc) is 3.11.